The first-order chi connectivity index (χ1) is 21.7. The zero-order chi connectivity index (χ0) is 31.5. The van der Waals surface area contributed by atoms with Crippen molar-refractivity contribution in [1.82, 2.24) is 21.3 Å². The molecule has 0 aliphatic carbocycles. The topological polar surface area (TPSA) is 66.6 Å². The van der Waals surface area contributed by atoms with Gasteiger partial charge in [0.2, 0.25) is 0 Å². The molecule has 6 heteroatoms. The Morgan fingerprint density at radius 3 is 1.07 bits per heavy atom. The minimum Gasteiger partial charge on any atom is -0.496 e. The Bertz CT molecular complexity index is 865. The van der Waals surface area contributed by atoms with Gasteiger partial charge in [0.25, 0.3) is 0 Å². The first-order valence-corrected chi connectivity index (χ1v) is 17.8. The summed E-state index contributed by atoms with van der Waals surface area (Å²) in [6, 6.07) is 17.2. The first-order valence-electron chi connectivity index (χ1n) is 17.8. The standard InChI is InChI=1S/C38H66N4O2/c1-33(35-23-13-15-25-37(35)43-3)41-31-21-11-9-19-29-39-27-17-7-5-6-8-18-28-40-30-20-10-12-22-32-42-34(2)36-24-14-16-26-38(36)44-4/h13-16,23-26,33-34,39-42H,5-12,17-22,27-32H2,1-4H3/t33-,34-/m1/s1. The zero-order valence-corrected chi connectivity index (χ0v) is 28.7. The first kappa shape index (κ1) is 38.1. The molecule has 250 valence electrons. The van der Waals surface area contributed by atoms with Crippen LogP contribution >= 0.6 is 0 Å². The Balaban J connectivity index is 1.24. The number of ether oxygens (including phenoxy) is 2. The molecule has 0 spiro atoms. The van der Waals surface area contributed by atoms with Gasteiger partial charge in [-0.25, -0.2) is 0 Å². The zero-order valence-electron chi connectivity index (χ0n) is 28.7. The van der Waals surface area contributed by atoms with E-state index in [2.05, 4.69) is 59.4 Å². The minimum atomic E-state index is 0.324. The molecule has 0 aliphatic heterocycles. The molecule has 0 unspecified atom stereocenters. The summed E-state index contributed by atoms with van der Waals surface area (Å²) in [6.07, 6.45) is 18.4. The summed E-state index contributed by atoms with van der Waals surface area (Å²) in [4.78, 5) is 0. The molecule has 2 aromatic carbocycles. The van der Waals surface area contributed by atoms with Crippen LogP contribution in [0.25, 0.3) is 0 Å². The molecule has 44 heavy (non-hydrogen) atoms. The van der Waals surface area contributed by atoms with E-state index in [-0.39, 0.29) is 0 Å². The van der Waals surface area contributed by atoms with Gasteiger partial charge in [-0.1, -0.05) is 87.8 Å². The van der Waals surface area contributed by atoms with E-state index in [1.165, 1.54) is 114 Å². The number of rotatable bonds is 29. The molecular formula is C38H66N4O2. The molecule has 4 N–H and O–H groups in total. The van der Waals surface area contributed by atoms with Crippen molar-refractivity contribution in [3.05, 3.63) is 59.7 Å². The highest BCUT2D eigenvalue weighted by Gasteiger charge is 2.10. The van der Waals surface area contributed by atoms with Crippen molar-refractivity contribution >= 4 is 0 Å². The predicted octanol–water partition coefficient (Wildman–Crippen LogP) is 8.35. The van der Waals surface area contributed by atoms with Crippen molar-refractivity contribution < 1.29 is 9.47 Å². The smallest absolute Gasteiger partial charge is 0.123 e. The van der Waals surface area contributed by atoms with Gasteiger partial charge in [-0.15, -0.1) is 0 Å². The van der Waals surface area contributed by atoms with E-state index in [9.17, 15) is 0 Å². The predicted molar refractivity (Wildman–Crippen MR) is 189 cm³/mol. The molecule has 0 amide bonds. The second kappa shape index (κ2) is 26.1. The molecule has 0 aliphatic rings. The van der Waals surface area contributed by atoms with Gasteiger partial charge in [0, 0.05) is 23.2 Å². The van der Waals surface area contributed by atoms with Gasteiger partial charge in [0.15, 0.2) is 0 Å². The van der Waals surface area contributed by atoms with Gasteiger partial charge < -0.3 is 30.7 Å². The van der Waals surface area contributed by atoms with Crippen LogP contribution in [0.2, 0.25) is 0 Å². The fourth-order valence-electron chi connectivity index (χ4n) is 5.82. The summed E-state index contributed by atoms with van der Waals surface area (Å²) < 4.78 is 11.0. The Morgan fingerprint density at radius 2 is 0.727 bits per heavy atom. The van der Waals surface area contributed by atoms with E-state index >= 15 is 0 Å². The number of benzene rings is 2. The van der Waals surface area contributed by atoms with Crippen LogP contribution in [-0.4, -0.2) is 53.5 Å². The summed E-state index contributed by atoms with van der Waals surface area (Å²) in [7, 11) is 3.49. The van der Waals surface area contributed by atoms with Crippen LogP contribution in [0.15, 0.2) is 48.5 Å². The quantitative estimate of drug-likeness (QED) is 0.0695. The number of hydrogen-bond donors (Lipinski definition) is 4. The lowest BCUT2D eigenvalue weighted by atomic mass is 10.1. The molecule has 0 heterocycles. The van der Waals surface area contributed by atoms with Crippen molar-refractivity contribution in [1.29, 1.82) is 0 Å². The van der Waals surface area contributed by atoms with Crippen LogP contribution in [0.4, 0.5) is 0 Å². The van der Waals surface area contributed by atoms with E-state index in [0.29, 0.717) is 12.1 Å². The van der Waals surface area contributed by atoms with Gasteiger partial charge in [0.05, 0.1) is 14.2 Å². The monoisotopic (exact) mass is 611 g/mol. The Hall–Kier alpha value is -2.12. The summed E-state index contributed by atoms with van der Waals surface area (Å²) in [5.41, 5.74) is 2.48. The molecular weight excluding hydrogens is 544 g/mol. The largest absolute Gasteiger partial charge is 0.496 e. The number of nitrogens with one attached hydrogen (secondary N) is 4. The fraction of sp³-hybridized carbons (Fsp3) is 0.684. The average molecular weight is 611 g/mol. The highest BCUT2D eigenvalue weighted by Crippen LogP contribution is 2.25. The molecule has 2 aromatic rings. The highest BCUT2D eigenvalue weighted by molar-refractivity contribution is 5.36. The van der Waals surface area contributed by atoms with Crippen molar-refractivity contribution in [3.8, 4) is 11.5 Å². The SMILES string of the molecule is COc1ccccc1[C@@H](C)NCCCCCCNCCCCCCCCNCCCCCCN[C@H](C)c1ccccc1OC. The lowest BCUT2D eigenvalue weighted by Gasteiger charge is -2.17. The highest BCUT2D eigenvalue weighted by atomic mass is 16.5. The molecule has 0 radical (unpaired) electrons. The van der Waals surface area contributed by atoms with Crippen molar-refractivity contribution in [2.75, 3.05) is 53.5 Å². The maximum atomic E-state index is 5.48. The molecule has 0 aromatic heterocycles. The van der Waals surface area contributed by atoms with E-state index < -0.39 is 0 Å². The van der Waals surface area contributed by atoms with E-state index in [4.69, 9.17) is 9.47 Å². The van der Waals surface area contributed by atoms with Gasteiger partial charge in [-0.3, -0.25) is 0 Å². The molecule has 2 rings (SSSR count). The normalized spacial score (nSPS) is 12.7. The molecule has 0 bridgehead atoms. The van der Waals surface area contributed by atoms with Crippen molar-refractivity contribution in [2.45, 2.75) is 116 Å². The third kappa shape index (κ3) is 17.4. The number of hydrogen-bond acceptors (Lipinski definition) is 6. The second-order valence-electron chi connectivity index (χ2n) is 12.3. The number of methoxy groups -OCH3 is 2. The molecule has 6 nitrogen and oxygen atoms in total. The summed E-state index contributed by atoms with van der Waals surface area (Å²) in [5.74, 6) is 1.94. The summed E-state index contributed by atoms with van der Waals surface area (Å²) in [5, 5.41) is 14.6. The summed E-state index contributed by atoms with van der Waals surface area (Å²) in [6.45, 7) is 11.2. The van der Waals surface area contributed by atoms with E-state index in [1.54, 1.807) is 14.2 Å². The van der Waals surface area contributed by atoms with Crippen molar-refractivity contribution in [2.24, 2.45) is 0 Å². The Labute approximate surface area is 270 Å². The van der Waals surface area contributed by atoms with Gasteiger partial charge in [-0.2, -0.15) is 0 Å². The second-order valence-corrected chi connectivity index (χ2v) is 12.3. The Morgan fingerprint density at radius 1 is 0.432 bits per heavy atom. The lowest BCUT2D eigenvalue weighted by molar-refractivity contribution is 0.401. The average Bonchev–Trinajstić information content (AvgIpc) is 3.06. The van der Waals surface area contributed by atoms with Crippen molar-refractivity contribution in [3.63, 3.8) is 0 Å². The Kier molecular flexibility index (Phi) is 22.6. The van der Waals surface area contributed by atoms with Crippen LogP contribution in [0.3, 0.4) is 0 Å². The van der Waals surface area contributed by atoms with Crippen LogP contribution < -0.4 is 30.7 Å². The summed E-state index contributed by atoms with van der Waals surface area (Å²) >= 11 is 0. The lowest BCUT2D eigenvalue weighted by Crippen LogP contribution is -2.20. The number of para-hydroxylation sites is 2. The minimum absolute atomic E-state index is 0.324. The van der Waals surface area contributed by atoms with E-state index in [1.807, 2.05) is 24.3 Å². The van der Waals surface area contributed by atoms with Crippen LogP contribution in [-0.2, 0) is 0 Å². The molecule has 0 fully saturated rings. The fourth-order valence-corrected chi connectivity index (χ4v) is 5.82. The van der Waals surface area contributed by atoms with Gasteiger partial charge in [0.1, 0.15) is 11.5 Å². The molecule has 0 saturated heterocycles. The number of unbranched alkanes of at least 4 members (excludes halogenated alkanes) is 11. The maximum absolute atomic E-state index is 5.48. The van der Waals surface area contributed by atoms with E-state index in [0.717, 1.165) is 37.7 Å². The van der Waals surface area contributed by atoms with Gasteiger partial charge >= 0.3 is 0 Å². The van der Waals surface area contributed by atoms with Crippen LogP contribution in [0, 0.1) is 0 Å². The maximum Gasteiger partial charge on any atom is 0.123 e. The van der Waals surface area contributed by atoms with Crippen LogP contribution in [0.5, 0.6) is 11.5 Å². The van der Waals surface area contributed by atoms with Gasteiger partial charge in [-0.05, 0) is 104 Å². The molecule has 2 atom stereocenters. The molecule has 0 saturated carbocycles. The van der Waals surface area contributed by atoms with Crippen LogP contribution in [0.1, 0.15) is 127 Å². The third-order valence-electron chi connectivity index (χ3n) is 8.63. The third-order valence-corrected chi connectivity index (χ3v) is 8.63.